The number of carbonyl (C=O) groups excluding carboxylic acids is 1. The zero-order valence-corrected chi connectivity index (χ0v) is 17.3. The summed E-state index contributed by atoms with van der Waals surface area (Å²) in [4.78, 5) is 22.7. The van der Waals surface area contributed by atoms with Crippen LogP contribution in [0.5, 0.6) is 0 Å². The highest BCUT2D eigenvalue weighted by atomic mass is 35.5. The van der Waals surface area contributed by atoms with E-state index in [-0.39, 0.29) is 17.2 Å². The van der Waals surface area contributed by atoms with E-state index >= 15 is 0 Å². The van der Waals surface area contributed by atoms with Gasteiger partial charge >= 0.3 is 0 Å². The molecule has 0 N–H and O–H groups in total. The Bertz CT molecular complexity index is 1300. The summed E-state index contributed by atoms with van der Waals surface area (Å²) in [6.07, 6.45) is 2.87. The van der Waals surface area contributed by atoms with E-state index in [0.717, 1.165) is 0 Å². The molecule has 6 nitrogen and oxygen atoms in total. The standard InChI is InChI=1S/C23H13Cl2NO5/c24-18-8-3-15(13-19(18)25)22-11-12-23(31-22)20(27)9-6-17-7-10-21(30-17)14-1-4-16(5-2-14)26(28)29/h1-13H. The molecule has 0 aliphatic carbocycles. The number of nitrogens with zero attached hydrogens (tertiary/aromatic N) is 1. The van der Waals surface area contributed by atoms with Gasteiger partial charge < -0.3 is 8.83 Å². The quantitative estimate of drug-likeness (QED) is 0.132. The topological polar surface area (TPSA) is 86.5 Å². The Labute approximate surface area is 186 Å². The summed E-state index contributed by atoms with van der Waals surface area (Å²) in [7, 11) is 0. The predicted molar refractivity (Wildman–Crippen MR) is 118 cm³/mol. The van der Waals surface area contributed by atoms with Crippen molar-refractivity contribution in [2.24, 2.45) is 0 Å². The minimum Gasteiger partial charge on any atom is -0.457 e. The highest BCUT2D eigenvalue weighted by molar-refractivity contribution is 6.42. The van der Waals surface area contributed by atoms with Crippen LogP contribution in [-0.2, 0) is 0 Å². The first-order valence-electron chi connectivity index (χ1n) is 9.03. The first kappa shape index (κ1) is 20.7. The average molecular weight is 454 g/mol. The molecule has 0 radical (unpaired) electrons. The maximum absolute atomic E-state index is 12.4. The molecule has 0 unspecified atom stereocenters. The van der Waals surface area contributed by atoms with E-state index in [0.29, 0.717) is 38.5 Å². The normalized spacial score (nSPS) is 11.2. The number of benzene rings is 2. The van der Waals surface area contributed by atoms with Gasteiger partial charge in [-0.1, -0.05) is 23.2 Å². The summed E-state index contributed by atoms with van der Waals surface area (Å²) in [5.41, 5.74) is 1.39. The first-order valence-corrected chi connectivity index (χ1v) is 9.78. The zero-order chi connectivity index (χ0) is 22.0. The van der Waals surface area contributed by atoms with Crippen LogP contribution in [0.2, 0.25) is 10.0 Å². The van der Waals surface area contributed by atoms with Gasteiger partial charge in [-0.15, -0.1) is 0 Å². The number of furan rings is 2. The molecule has 2 aromatic carbocycles. The number of nitro benzene ring substituents is 1. The lowest BCUT2D eigenvalue weighted by Crippen LogP contribution is -1.90. The van der Waals surface area contributed by atoms with E-state index in [2.05, 4.69) is 0 Å². The third-order valence-corrected chi connectivity index (χ3v) is 5.18. The molecule has 0 fully saturated rings. The van der Waals surface area contributed by atoms with Crippen molar-refractivity contribution in [3.63, 3.8) is 0 Å². The van der Waals surface area contributed by atoms with E-state index in [9.17, 15) is 14.9 Å². The molecule has 0 saturated heterocycles. The number of nitro groups is 1. The van der Waals surface area contributed by atoms with Crippen molar-refractivity contribution in [1.82, 2.24) is 0 Å². The minimum absolute atomic E-state index is 0.000268. The van der Waals surface area contributed by atoms with E-state index in [1.165, 1.54) is 24.3 Å². The van der Waals surface area contributed by atoms with Crippen LogP contribution >= 0.6 is 23.2 Å². The maximum Gasteiger partial charge on any atom is 0.269 e. The van der Waals surface area contributed by atoms with Crippen LogP contribution in [0.4, 0.5) is 5.69 Å². The molecule has 31 heavy (non-hydrogen) atoms. The highest BCUT2D eigenvalue weighted by Gasteiger charge is 2.12. The zero-order valence-electron chi connectivity index (χ0n) is 15.7. The summed E-state index contributed by atoms with van der Waals surface area (Å²) >= 11 is 11.9. The number of hydrogen-bond acceptors (Lipinski definition) is 5. The van der Waals surface area contributed by atoms with Gasteiger partial charge in [0, 0.05) is 23.3 Å². The van der Waals surface area contributed by atoms with Crippen molar-refractivity contribution in [3.05, 3.63) is 104 Å². The summed E-state index contributed by atoms with van der Waals surface area (Å²) < 4.78 is 11.3. The van der Waals surface area contributed by atoms with Crippen molar-refractivity contribution < 1.29 is 18.6 Å². The van der Waals surface area contributed by atoms with Crippen LogP contribution in [0.3, 0.4) is 0 Å². The Balaban J connectivity index is 1.47. The fourth-order valence-corrected chi connectivity index (χ4v) is 3.16. The molecule has 0 saturated carbocycles. The molecule has 0 atom stereocenters. The lowest BCUT2D eigenvalue weighted by atomic mass is 10.1. The van der Waals surface area contributed by atoms with Gasteiger partial charge in [-0.05, 0) is 66.7 Å². The summed E-state index contributed by atoms with van der Waals surface area (Å²) in [5, 5.41) is 11.6. The summed E-state index contributed by atoms with van der Waals surface area (Å²) in [6.45, 7) is 0. The smallest absolute Gasteiger partial charge is 0.269 e. The van der Waals surface area contributed by atoms with Crippen molar-refractivity contribution in [1.29, 1.82) is 0 Å². The van der Waals surface area contributed by atoms with Crippen LogP contribution < -0.4 is 0 Å². The monoisotopic (exact) mass is 453 g/mol. The SMILES string of the molecule is O=C(C=Cc1ccc(-c2ccc([N+](=O)[O-])cc2)o1)c1ccc(-c2ccc(Cl)c(Cl)c2)o1. The number of rotatable bonds is 6. The van der Waals surface area contributed by atoms with E-state index < -0.39 is 4.92 Å². The second kappa shape index (κ2) is 8.63. The second-order valence-electron chi connectivity index (χ2n) is 6.50. The number of hydrogen-bond donors (Lipinski definition) is 0. The van der Waals surface area contributed by atoms with E-state index in [4.69, 9.17) is 32.0 Å². The van der Waals surface area contributed by atoms with Gasteiger partial charge in [0.2, 0.25) is 5.78 Å². The maximum atomic E-state index is 12.4. The van der Waals surface area contributed by atoms with E-state index in [1.54, 1.807) is 54.6 Å². The molecule has 154 valence electrons. The van der Waals surface area contributed by atoms with Crippen LogP contribution in [-0.4, -0.2) is 10.7 Å². The fraction of sp³-hybridized carbons (Fsp3) is 0. The molecule has 0 spiro atoms. The number of ketones is 1. The Morgan fingerprint density at radius 2 is 1.52 bits per heavy atom. The van der Waals surface area contributed by atoms with Crippen molar-refractivity contribution in [2.75, 3.05) is 0 Å². The van der Waals surface area contributed by atoms with Crippen LogP contribution in [0.1, 0.15) is 16.3 Å². The molecule has 0 aliphatic heterocycles. The Morgan fingerprint density at radius 3 is 2.23 bits per heavy atom. The number of allylic oxidation sites excluding steroid dienone is 1. The Kier molecular flexibility index (Phi) is 5.75. The van der Waals surface area contributed by atoms with Crippen LogP contribution in [0, 0.1) is 10.1 Å². The predicted octanol–water partition coefficient (Wildman–Crippen LogP) is 7.32. The average Bonchev–Trinajstić information content (AvgIpc) is 3.44. The van der Waals surface area contributed by atoms with Gasteiger partial charge in [0.05, 0.1) is 15.0 Å². The summed E-state index contributed by atoms with van der Waals surface area (Å²) in [5.74, 6) is 1.31. The molecule has 2 heterocycles. The molecular formula is C23H13Cl2NO5. The largest absolute Gasteiger partial charge is 0.457 e. The number of carbonyl (C=O) groups is 1. The van der Waals surface area contributed by atoms with Gasteiger partial charge in [0.1, 0.15) is 17.3 Å². The van der Waals surface area contributed by atoms with Crippen molar-refractivity contribution in [3.8, 4) is 22.6 Å². The molecule has 8 heteroatoms. The minimum atomic E-state index is -0.465. The molecular weight excluding hydrogens is 441 g/mol. The third kappa shape index (κ3) is 4.60. The lowest BCUT2D eigenvalue weighted by molar-refractivity contribution is -0.384. The number of non-ortho nitro benzene ring substituents is 1. The molecule has 0 aliphatic rings. The van der Waals surface area contributed by atoms with Gasteiger partial charge in [-0.2, -0.15) is 0 Å². The molecule has 4 rings (SSSR count). The molecule has 0 amide bonds. The highest BCUT2D eigenvalue weighted by Crippen LogP contribution is 2.30. The van der Waals surface area contributed by atoms with Crippen molar-refractivity contribution in [2.45, 2.75) is 0 Å². The lowest BCUT2D eigenvalue weighted by Gasteiger charge is -1.99. The fourth-order valence-electron chi connectivity index (χ4n) is 2.86. The molecule has 0 bridgehead atoms. The Morgan fingerprint density at radius 1 is 0.839 bits per heavy atom. The second-order valence-corrected chi connectivity index (χ2v) is 7.31. The first-order chi connectivity index (χ1) is 14.9. The van der Waals surface area contributed by atoms with Gasteiger partial charge in [0.25, 0.3) is 5.69 Å². The molecule has 2 aromatic heterocycles. The van der Waals surface area contributed by atoms with E-state index in [1.807, 2.05) is 0 Å². The Hall–Kier alpha value is -3.61. The summed E-state index contributed by atoms with van der Waals surface area (Å²) in [6, 6.07) is 17.8. The van der Waals surface area contributed by atoms with Crippen LogP contribution in [0.15, 0.2) is 81.6 Å². The van der Waals surface area contributed by atoms with Gasteiger partial charge in [-0.3, -0.25) is 14.9 Å². The van der Waals surface area contributed by atoms with Crippen molar-refractivity contribution >= 4 is 40.7 Å². The van der Waals surface area contributed by atoms with Crippen LogP contribution in [0.25, 0.3) is 28.7 Å². The third-order valence-electron chi connectivity index (χ3n) is 4.44. The van der Waals surface area contributed by atoms with Gasteiger partial charge in [-0.25, -0.2) is 0 Å². The number of halogens is 2. The van der Waals surface area contributed by atoms with Gasteiger partial charge in [0.15, 0.2) is 5.76 Å². The molecule has 4 aromatic rings.